The van der Waals surface area contributed by atoms with Crippen LogP contribution in [0.2, 0.25) is 0 Å². The molecule has 0 fully saturated rings. The van der Waals surface area contributed by atoms with Gasteiger partial charge in [-0.3, -0.25) is 14.2 Å². The second-order valence-electron chi connectivity index (χ2n) is 5.65. The molecule has 3 heteroatoms. The number of nitrogens with zero attached hydrogens (tertiary/aromatic N) is 1. The maximum atomic E-state index is 12.2. The largest absolute Gasteiger partial charge is 0.294 e. The standard InChI is InChI=1S/C19H17NO2/c1-4-18(21)20-16-8-6-5-7-14(16)15-11-13(9-10-17(15)20)19(22)12(2)3/h4-12H,1H2,2-3H3. The lowest BCUT2D eigenvalue weighted by Gasteiger charge is -2.05. The van der Waals surface area contributed by atoms with Gasteiger partial charge in [-0.1, -0.05) is 38.6 Å². The summed E-state index contributed by atoms with van der Waals surface area (Å²) in [5.74, 6) is -0.122. The average Bonchev–Trinajstić information content (AvgIpc) is 2.87. The molecule has 0 bridgehead atoms. The highest BCUT2D eigenvalue weighted by atomic mass is 16.2. The van der Waals surface area contributed by atoms with Crippen molar-refractivity contribution in [1.29, 1.82) is 0 Å². The number of allylic oxidation sites excluding steroid dienone is 1. The van der Waals surface area contributed by atoms with Gasteiger partial charge in [-0.25, -0.2) is 0 Å². The molecule has 1 aromatic heterocycles. The van der Waals surface area contributed by atoms with Crippen LogP contribution in [0.3, 0.4) is 0 Å². The fourth-order valence-electron chi connectivity index (χ4n) is 2.79. The second kappa shape index (κ2) is 5.26. The molecule has 3 rings (SSSR count). The molecule has 0 N–H and O–H groups in total. The Kier molecular flexibility index (Phi) is 3.41. The molecule has 0 radical (unpaired) electrons. The van der Waals surface area contributed by atoms with Crippen molar-refractivity contribution in [1.82, 2.24) is 4.57 Å². The van der Waals surface area contributed by atoms with E-state index in [4.69, 9.17) is 0 Å². The van der Waals surface area contributed by atoms with Gasteiger partial charge in [0.1, 0.15) is 0 Å². The van der Waals surface area contributed by atoms with E-state index in [2.05, 4.69) is 6.58 Å². The molecule has 3 nitrogen and oxygen atoms in total. The molecule has 0 atom stereocenters. The van der Waals surface area contributed by atoms with Crippen LogP contribution in [0.1, 0.15) is 29.0 Å². The van der Waals surface area contributed by atoms with Crippen molar-refractivity contribution in [3.05, 3.63) is 60.7 Å². The molecule has 1 heterocycles. The highest BCUT2D eigenvalue weighted by Crippen LogP contribution is 2.30. The number of para-hydroxylation sites is 1. The van der Waals surface area contributed by atoms with Crippen molar-refractivity contribution in [2.75, 3.05) is 0 Å². The quantitative estimate of drug-likeness (QED) is 0.528. The molecular weight excluding hydrogens is 274 g/mol. The molecule has 0 aliphatic heterocycles. The Bertz CT molecular complexity index is 916. The highest BCUT2D eigenvalue weighted by Gasteiger charge is 2.17. The Morgan fingerprint density at radius 3 is 2.41 bits per heavy atom. The summed E-state index contributed by atoms with van der Waals surface area (Å²) in [7, 11) is 0. The third-order valence-corrected chi connectivity index (χ3v) is 3.88. The van der Waals surface area contributed by atoms with E-state index in [9.17, 15) is 9.59 Å². The Hall–Kier alpha value is -2.68. The molecule has 110 valence electrons. The Morgan fingerprint density at radius 1 is 1.05 bits per heavy atom. The van der Waals surface area contributed by atoms with Crippen LogP contribution in [0.15, 0.2) is 55.1 Å². The van der Waals surface area contributed by atoms with Gasteiger partial charge in [0.15, 0.2) is 5.78 Å². The number of ketones is 1. The van der Waals surface area contributed by atoms with Crippen molar-refractivity contribution in [3.63, 3.8) is 0 Å². The van der Waals surface area contributed by atoms with E-state index in [-0.39, 0.29) is 17.6 Å². The zero-order chi connectivity index (χ0) is 15.9. The lowest BCUT2D eigenvalue weighted by Crippen LogP contribution is -2.08. The lowest BCUT2D eigenvalue weighted by molar-refractivity contribution is 0.0938. The number of hydrogen-bond acceptors (Lipinski definition) is 2. The predicted octanol–water partition coefficient (Wildman–Crippen LogP) is 4.46. The van der Waals surface area contributed by atoms with Gasteiger partial charge in [-0.15, -0.1) is 0 Å². The van der Waals surface area contributed by atoms with Crippen LogP contribution >= 0.6 is 0 Å². The summed E-state index contributed by atoms with van der Waals surface area (Å²) in [5.41, 5.74) is 2.31. The molecule has 0 amide bonds. The van der Waals surface area contributed by atoms with Crippen LogP contribution in [-0.2, 0) is 0 Å². The van der Waals surface area contributed by atoms with E-state index < -0.39 is 0 Å². The Balaban J connectivity index is 2.39. The van der Waals surface area contributed by atoms with E-state index in [0.29, 0.717) is 5.56 Å². The fraction of sp³-hybridized carbons (Fsp3) is 0.158. The second-order valence-corrected chi connectivity index (χ2v) is 5.65. The Labute approximate surface area is 128 Å². The van der Waals surface area contributed by atoms with E-state index in [1.165, 1.54) is 6.08 Å². The summed E-state index contributed by atoms with van der Waals surface area (Å²) in [4.78, 5) is 24.4. The minimum atomic E-state index is -0.172. The first kappa shape index (κ1) is 14.3. The lowest BCUT2D eigenvalue weighted by atomic mass is 9.99. The summed E-state index contributed by atoms with van der Waals surface area (Å²) in [6.07, 6.45) is 1.30. The number of fused-ring (bicyclic) bond motifs is 3. The number of Topliss-reactive ketones (excluding diaryl/α,β-unsaturated/α-hetero) is 1. The zero-order valence-corrected chi connectivity index (χ0v) is 12.7. The van der Waals surface area contributed by atoms with Crippen molar-refractivity contribution in [2.24, 2.45) is 5.92 Å². The summed E-state index contributed by atoms with van der Waals surface area (Å²) in [5, 5.41) is 1.88. The van der Waals surface area contributed by atoms with Gasteiger partial charge in [0, 0.05) is 22.3 Å². The SMILES string of the molecule is C=CC(=O)n1c2ccccc2c2cc(C(=O)C(C)C)ccc21. The summed E-state index contributed by atoms with van der Waals surface area (Å²) in [6.45, 7) is 7.35. The number of benzene rings is 2. The van der Waals surface area contributed by atoms with Gasteiger partial charge < -0.3 is 0 Å². The molecule has 0 aliphatic rings. The first-order valence-electron chi connectivity index (χ1n) is 7.28. The van der Waals surface area contributed by atoms with Crippen LogP contribution in [0.4, 0.5) is 0 Å². The molecular formula is C19H17NO2. The first-order chi connectivity index (χ1) is 10.5. The number of rotatable bonds is 3. The molecule has 0 saturated carbocycles. The minimum absolute atomic E-state index is 0.0550. The third kappa shape index (κ3) is 2.06. The molecule has 2 aromatic carbocycles. The average molecular weight is 291 g/mol. The maximum absolute atomic E-state index is 12.2. The zero-order valence-electron chi connectivity index (χ0n) is 12.7. The molecule has 3 aromatic rings. The normalized spacial score (nSPS) is 11.2. The predicted molar refractivity (Wildman–Crippen MR) is 89.4 cm³/mol. The van der Waals surface area contributed by atoms with Crippen molar-refractivity contribution in [3.8, 4) is 0 Å². The van der Waals surface area contributed by atoms with Gasteiger partial charge in [-0.05, 0) is 30.3 Å². The van der Waals surface area contributed by atoms with E-state index in [1.54, 1.807) is 10.6 Å². The highest BCUT2D eigenvalue weighted by molar-refractivity contribution is 6.16. The number of carbonyl (C=O) groups is 2. The fourth-order valence-corrected chi connectivity index (χ4v) is 2.79. The van der Waals surface area contributed by atoms with Crippen molar-refractivity contribution < 1.29 is 9.59 Å². The van der Waals surface area contributed by atoms with Gasteiger partial charge >= 0.3 is 0 Å². The van der Waals surface area contributed by atoms with Gasteiger partial charge in [0.25, 0.3) is 5.91 Å². The van der Waals surface area contributed by atoms with Gasteiger partial charge in [0.2, 0.25) is 0 Å². The van der Waals surface area contributed by atoms with E-state index >= 15 is 0 Å². The topological polar surface area (TPSA) is 39.1 Å². The van der Waals surface area contributed by atoms with Gasteiger partial charge in [-0.2, -0.15) is 0 Å². The summed E-state index contributed by atoms with van der Waals surface area (Å²) >= 11 is 0. The number of hydrogen-bond donors (Lipinski definition) is 0. The van der Waals surface area contributed by atoms with E-state index in [0.717, 1.165) is 21.8 Å². The van der Waals surface area contributed by atoms with Crippen LogP contribution in [0.5, 0.6) is 0 Å². The van der Waals surface area contributed by atoms with Crippen LogP contribution in [0.25, 0.3) is 21.8 Å². The van der Waals surface area contributed by atoms with Gasteiger partial charge in [0.05, 0.1) is 11.0 Å². The molecule has 0 unspecified atom stereocenters. The van der Waals surface area contributed by atoms with Crippen LogP contribution in [-0.4, -0.2) is 16.3 Å². The molecule has 0 saturated heterocycles. The van der Waals surface area contributed by atoms with E-state index in [1.807, 2.05) is 50.2 Å². The summed E-state index contributed by atoms with van der Waals surface area (Å²) in [6, 6.07) is 13.2. The third-order valence-electron chi connectivity index (χ3n) is 3.88. The van der Waals surface area contributed by atoms with Crippen molar-refractivity contribution >= 4 is 33.5 Å². The number of aromatic nitrogens is 1. The molecule has 22 heavy (non-hydrogen) atoms. The minimum Gasteiger partial charge on any atom is -0.294 e. The summed E-state index contributed by atoms with van der Waals surface area (Å²) < 4.78 is 1.64. The molecule has 0 aliphatic carbocycles. The maximum Gasteiger partial charge on any atom is 0.254 e. The van der Waals surface area contributed by atoms with Crippen LogP contribution < -0.4 is 0 Å². The van der Waals surface area contributed by atoms with Crippen molar-refractivity contribution in [2.45, 2.75) is 13.8 Å². The molecule has 0 spiro atoms. The first-order valence-corrected chi connectivity index (χ1v) is 7.28. The monoisotopic (exact) mass is 291 g/mol. The Morgan fingerprint density at radius 2 is 1.73 bits per heavy atom. The smallest absolute Gasteiger partial charge is 0.254 e. The van der Waals surface area contributed by atoms with Crippen LogP contribution in [0, 0.1) is 5.92 Å². The number of carbonyl (C=O) groups excluding carboxylic acids is 2.